The maximum atomic E-state index is 2.38. The van der Waals surface area contributed by atoms with Gasteiger partial charge in [-0.3, -0.25) is 0 Å². The number of benzene rings is 2. The van der Waals surface area contributed by atoms with E-state index in [4.69, 9.17) is 0 Å². The number of hydrogen-bond acceptors (Lipinski definition) is 0. The summed E-state index contributed by atoms with van der Waals surface area (Å²) in [6, 6.07) is 17.7. The van der Waals surface area contributed by atoms with Crippen LogP contribution in [0.5, 0.6) is 0 Å². The third-order valence-corrected chi connectivity index (χ3v) is 4.86. The Morgan fingerprint density at radius 3 is 1.82 bits per heavy atom. The minimum atomic E-state index is 0.375. The largest absolute Gasteiger partial charge is 0.0692 e. The number of allylic oxidation sites excluding steroid dienone is 6. The second-order valence-corrected chi connectivity index (χ2v) is 6.49. The number of rotatable bonds is 1. The highest BCUT2D eigenvalue weighted by molar-refractivity contribution is 5.82. The minimum Gasteiger partial charge on any atom is -0.0692 e. The average molecular weight is 284 g/mol. The lowest BCUT2D eigenvalue weighted by Gasteiger charge is -2.16. The second-order valence-electron chi connectivity index (χ2n) is 6.49. The van der Waals surface area contributed by atoms with Crippen LogP contribution in [-0.4, -0.2) is 0 Å². The highest BCUT2D eigenvalue weighted by Gasteiger charge is 2.32. The molecule has 0 saturated heterocycles. The van der Waals surface area contributed by atoms with Gasteiger partial charge in [-0.1, -0.05) is 66.3 Å². The van der Waals surface area contributed by atoms with E-state index in [1.807, 2.05) is 0 Å². The van der Waals surface area contributed by atoms with Gasteiger partial charge < -0.3 is 0 Å². The topological polar surface area (TPSA) is 0 Å². The zero-order valence-corrected chi connectivity index (χ0v) is 13.4. The third-order valence-electron chi connectivity index (χ3n) is 4.86. The number of fused-ring (bicyclic) bond motifs is 3. The van der Waals surface area contributed by atoms with Gasteiger partial charge in [0, 0.05) is 5.92 Å². The fourth-order valence-electron chi connectivity index (χ4n) is 3.73. The molecular weight excluding hydrogens is 264 g/mol. The standard InChI is InChI=1S/C22H20/c1-14(2)16-12-15(3)21(13-16)22-19-10-6-4-8-17(19)18-9-5-7-11-20(18)22/h4-13,22H,1-3H3. The molecule has 0 bridgehead atoms. The molecule has 2 aliphatic carbocycles. The summed E-state index contributed by atoms with van der Waals surface area (Å²) in [6.07, 6.45) is 4.71. The smallest absolute Gasteiger partial charge is 0.0355 e. The predicted molar refractivity (Wildman–Crippen MR) is 93.9 cm³/mol. The van der Waals surface area contributed by atoms with E-state index >= 15 is 0 Å². The average Bonchev–Trinajstić information content (AvgIpc) is 3.05. The molecule has 0 unspecified atom stereocenters. The van der Waals surface area contributed by atoms with Crippen LogP contribution in [0.3, 0.4) is 0 Å². The lowest BCUT2D eigenvalue weighted by Crippen LogP contribution is -2.00. The maximum absolute atomic E-state index is 2.38. The van der Waals surface area contributed by atoms with Crippen molar-refractivity contribution in [3.8, 4) is 11.1 Å². The van der Waals surface area contributed by atoms with Crippen molar-refractivity contribution in [2.75, 3.05) is 0 Å². The van der Waals surface area contributed by atoms with Crippen molar-refractivity contribution in [1.29, 1.82) is 0 Å². The molecule has 0 fully saturated rings. The Hall–Kier alpha value is -2.34. The first kappa shape index (κ1) is 13.3. The highest BCUT2D eigenvalue weighted by atomic mass is 14.3. The molecule has 0 heteroatoms. The first-order valence-electron chi connectivity index (χ1n) is 7.93. The van der Waals surface area contributed by atoms with Crippen LogP contribution in [0.2, 0.25) is 0 Å². The molecule has 4 rings (SSSR count). The lowest BCUT2D eigenvalue weighted by atomic mass is 9.86. The van der Waals surface area contributed by atoms with Gasteiger partial charge in [0.1, 0.15) is 0 Å². The van der Waals surface area contributed by atoms with Gasteiger partial charge in [0.2, 0.25) is 0 Å². The van der Waals surface area contributed by atoms with E-state index in [0.29, 0.717) is 5.92 Å². The summed E-state index contributed by atoms with van der Waals surface area (Å²) in [5.41, 5.74) is 11.3. The molecule has 2 aliphatic rings. The van der Waals surface area contributed by atoms with E-state index in [9.17, 15) is 0 Å². The van der Waals surface area contributed by atoms with Crippen LogP contribution in [0.25, 0.3) is 11.1 Å². The van der Waals surface area contributed by atoms with Crippen molar-refractivity contribution in [3.63, 3.8) is 0 Å². The van der Waals surface area contributed by atoms with E-state index in [0.717, 1.165) is 0 Å². The van der Waals surface area contributed by atoms with Gasteiger partial charge in [-0.25, -0.2) is 0 Å². The van der Waals surface area contributed by atoms with E-state index in [1.165, 1.54) is 44.5 Å². The van der Waals surface area contributed by atoms with Gasteiger partial charge in [-0.2, -0.15) is 0 Å². The van der Waals surface area contributed by atoms with Crippen molar-refractivity contribution in [2.45, 2.75) is 26.7 Å². The molecule has 2 aromatic carbocycles. The first-order chi connectivity index (χ1) is 10.7. The molecule has 0 spiro atoms. The van der Waals surface area contributed by atoms with Gasteiger partial charge in [-0.05, 0) is 59.7 Å². The maximum Gasteiger partial charge on any atom is 0.0355 e. The first-order valence-corrected chi connectivity index (χ1v) is 7.93. The molecule has 2 aromatic rings. The summed E-state index contributed by atoms with van der Waals surface area (Å²) >= 11 is 0. The van der Waals surface area contributed by atoms with Crippen molar-refractivity contribution in [1.82, 2.24) is 0 Å². The summed E-state index contributed by atoms with van der Waals surface area (Å²) < 4.78 is 0. The molecule has 0 amide bonds. The summed E-state index contributed by atoms with van der Waals surface area (Å²) in [5.74, 6) is 0.375. The van der Waals surface area contributed by atoms with Crippen LogP contribution in [-0.2, 0) is 0 Å². The molecule has 0 atom stereocenters. The van der Waals surface area contributed by atoms with Crippen LogP contribution in [0.1, 0.15) is 37.8 Å². The van der Waals surface area contributed by atoms with Crippen LogP contribution in [0.4, 0.5) is 0 Å². The lowest BCUT2D eigenvalue weighted by molar-refractivity contribution is 0.994. The second kappa shape index (κ2) is 4.84. The molecule has 0 saturated carbocycles. The van der Waals surface area contributed by atoms with Gasteiger partial charge in [-0.15, -0.1) is 0 Å². The third kappa shape index (κ3) is 1.84. The summed E-state index contributed by atoms with van der Waals surface area (Å²) in [4.78, 5) is 0. The van der Waals surface area contributed by atoms with Crippen LogP contribution in [0, 0.1) is 0 Å². The van der Waals surface area contributed by atoms with Gasteiger partial charge in [0.05, 0.1) is 0 Å². The van der Waals surface area contributed by atoms with E-state index in [2.05, 4.69) is 81.5 Å². The van der Waals surface area contributed by atoms with Crippen LogP contribution < -0.4 is 0 Å². The molecule has 0 aromatic heterocycles. The highest BCUT2D eigenvalue weighted by Crippen LogP contribution is 2.50. The summed E-state index contributed by atoms with van der Waals surface area (Å²) in [6.45, 7) is 6.62. The fraction of sp³-hybridized carbons (Fsp3) is 0.182. The molecule has 0 radical (unpaired) electrons. The summed E-state index contributed by atoms with van der Waals surface area (Å²) in [5, 5.41) is 0. The Balaban J connectivity index is 1.96. The Labute approximate surface area is 132 Å². The normalized spacial score (nSPS) is 16.2. The van der Waals surface area contributed by atoms with E-state index < -0.39 is 0 Å². The Bertz CT molecular complexity index is 810. The fourth-order valence-corrected chi connectivity index (χ4v) is 3.73. The zero-order valence-electron chi connectivity index (χ0n) is 13.4. The molecule has 0 nitrogen and oxygen atoms in total. The Kier molecular flexibility index (Phi) is 2.94. The van der Waals surface area contributed by atoms with E-state index in [-0.39, 0.29) is 0 Å². The molecule has 0 N–H and O–H groups in total. The molecule has 0 heterocycles. The quantitative estimate of drug-likeness (QED) is 0.600. The zero-order chi connectivity index (χ0) is 15.3. The van der Waals surface area contributed by atoms with Crippen molar-refractivity contribution >= 4 is 0 Å². The SMILES string of the molecule is CC1=CC(=C(C)C)C=C1C1c2ccccc2-c2ccccc21. The molecule has 108 valence electrons. The number of hydrogen-bond donors (Lipinski definition) is 0. The van der Waals surface area contributed by atoms with Gasteiger partial charge >= 0.3 is 0 Å². The Morgan fingerprint density at radius 2 is 1.32 bits per heavy atom. The van der Waals surface area contributed by atoms with Crippen molar-refractivity contribution in [3.05, 3.63) is 94.1 Å². The molecule has 22 heavy (non-hydrogen) atoms. The van der Waals surface area contributed by atoms with Gasteiger partial charge in [0.15, 0.2) is 0 Å². The monoisotopic (exact) mass is 284 g/mol. The summed E-state index contributed by atoms with van der Waals surface area (Å²) in [7, 11) is 0. The Morgan fingerprint density at radius 1 is 0.773 bits per heavy atom. The van der Waals surface area contributed by atoms with Crippen LogP contribution in [0.15, 0.2) is 83.0 Å². The predicted octanol–water partition coefficient (Wildman–Crippen LogP) is 6.02. The van der Waals surface area contributed by atoms with Crippen LogP contribution >= 0.6 is 0 Å². The minimum absolute atomic E-state index is 0.375. The van der Waals surface area contributed by atoms with Gasteiger partial charge in [0.25, 0.3) is 0 Å². The molecule has 0 aliphatic heterocycles. The van der Waals surface area contributed by atoms with Crippen molar-refractivity contribution < 1.29 is 0 Å². The molecular formula is C22H20. The van der Waals surface area contributed by atoms with E-state index in [1.54, 1.807) is 0 Å². The van der Waals surface area contributed by atoms with Crippen molar-refractivity contribution in [2.24, 2.45) is 0 Å².